The molecule has 0 aromatic rings. The van der Waals surface area contributed by atoms with Crippen LogP contribution < -0.4 is 5.32 Å². The Balaban J connectivity index is 2.26. The molecule has 3 unspecified atom stereocenters. The summed E-state index contributed by atoms with van der Waals surface area (Å²) in [6.07, 6.45) is 4.07. The van der Waals surface area contributed by atoms with Gasteiger partial charge in [0.05, 0.1) is 19.3 Å². The number of likely N-dealkylation sites (N-methyl/N-ethyl adjacent to an activating group) is 1. The first-order valence-corrected chi connectivity index (χ1v) is 5.35. The van der Waals surface area contributed by atoms with Crippen molar-refractivity contribution in [2.75, 3.05) is 20.3 Å². The molecule has 84 valence electrons. The van der Waals surface area contributed by atoms with Gasteiger partial charge in [-0.2, -0.15) is 0 Å². The molecule has 0 spiro atoms. The van der Waals surface area contributed by atoms with Crippen LogP contribution in [0.2, 0.25) is 0 Å². The van der Waals surface area contributed by atoms with Crippen LogP contribution in [0.15, 0.2) is 0 Å². The summed E-state index contributed by atoms with van der Waals surface area (Å²) in [5.74, 6) is 0. The van der Waals surface area contributed by atoms with Crippen LogP contribution in [0.25, 0.3) is 0 Å². The molecule has 4 heteroatoms. The molecule has 0 radical (unpaired) electrons. The highest BCUT2D eigenvalue weighted by atomic mass is 16.5. The largest absolute Gasteiger partial charge is 0.394 e. The lowest BCUT2D eigenvalue weighted by Gasteiger charge is -2.31. The topological polar surface area (TPSA) is 61.7 Å². The first-order valence-electron chi connectivity index (χ1n) is 5.35. The van der Waals surface area contributed by atoms with Crippen molar-refractivity contribution >= 4 is 0 Å². The lowest BCUT2D eigenvalue weighted by molar-refractivity contribution is -0.0505. The summed E-state index contributed by atoms with van der Waals surface area (Å²) in [6.45, 7) is 0.0102. The number of ether oxygens (including phenoxy) is 1. The Kier molecular flexibility index (Phi) is 5.40. The zero-order valence-electron chi connectivity index (χ0n) is 8.78. The molecule has 0 heterocycles. The smallest absolute Gasteiger partial charge is 0.100 e. The minimum atomic E-state index is -0.741. The number of nitrogens with one attached hydrogen (secondary N) is 1. The molecule has 0 aromatic carbocycles. The fraction of sp³-hybridized carbons (Fsp3) is 1.00. The van der Waals surface area contributed by atoms with Crippen molar-refractivity contribution < 1.29 is 14.9 Å². The Labute approximate surface area is 85.3 Å². The zero-order chi connectivity index (χ0) is 10.4. The average Bonchev–Trinajstić information content (AvgIpc) is 2.26. The minimum Gasteiger partial charge on any atom is -0.394 e. The average molecular weight is 203 g/mol. The number of aliphatic hydroxyl groups is 2. The summed E-state index contributed by atoms with van der Waals surface area (Å²) >= 11 is 0. The Morgan fingerprint density at radius 1 is 1.43 bits per heavy atom. The van der Waals surface area contributed by atoms with E-state index in [0.29, 0.717) is 6.04 Å². The van der Waals surface area contributed by atoms with Crippen molar-refractivity contribution in [3.05, 3.63) is 0 Å². The summed E-state index contributed by atoms with van der Waals surface area (Å²) in [4.78, 5) is 0. The molecule has 14 heavy (non-hydrogen) atoms. The van der Waals surface area contributed by atoms with E-state index < -0.39 is 6.10 Å². The van der Waals surface area contributed by atoms with Crippen molar-refractivity contribution in [3.8, 4) is 0 Å². The summed E-state index contributed by atoms with van der Waals surface area (Å²) in [7, 11) is 1.94. The van der Waals surface area contributed by atoms with Gasteiger partial charge in [0, 0.05) is 6.04 Å². The van der Waals surface area contributed by atoms with Crippen molar-refractivity contribution in [2.24, 2.45) is 0 Å². The molecule has 3 N–H and O–H groups in total. The predicted molar refractivity (Wildman–Crippen MR) is 54.1 cm³/mol. The summed E-state index contributed by atoms with van der Waals surface area (Å²) in [5, 5.41) is 21.0. The SMILES string of the molecule is CNC1CCCCC1OCC(O)CO. The molecule has 3 atom stereocenters. The van der Waals surface area contributed by atoms with Gasteiger partial charge in [-0.1, -0.05) is 12.8 Å². The third-order valence-corrected chi connectivity index (χ3v) is 2.79. The molecule has 0 aromatic heterocycles. The Hall–Kier alpha value is -0.160. The maximum absolute atomic E-state index is 9.15. The quantitative estimate of drug-likeness (QED) is 0.583. The van der Waals surface area contributed by atoms with Crippen LogP contribution >= 0.6 is 0 Å². The van der Waals surface area contributed by atoms with Gasteiger partial charge in [-0.15, -0.1) is 0 Å². The fourth-order valence-corrected chi connectivity index (χ4v) is 1.91. The van der Waals surface area contributed by atoms with Crippen LogP contribution in [0, 0.1) is 0 Å². The lowest BCUT2D eigenvalue weighted by Crippen LogP contribution is -2.43. The molecule has 0 bridgehead atoms. The van der Waals surface area contributed by atoms with Crippen LogP contribution in [0.1, 0.15) is 25.7 Å². The van der Waals surface area contributed by atoms with E-state index in [0.717, 1.165) is 12.8 Å². The maximum atomic E-state index is 9.15. The number of rotatable bonds is 5. The second-order valence-electron chi connectivity index (χ2n) is 3.89. The second kappa shape index (κ2) is 6.35. The van der Waals surface area contributed by atoms with E-state index >= 15 is 0 Å². The van der Waals surface area contributed by atoms with Gasteiger partial charge in [0.15, 0.2) is 0 Å². The van der Waals surface area contributed by atoms with Crippen LogP contribution in [0.4, 0.5) is 0 Å². The summed E-state index contributed by atoms with van der Waals surface area (Å²) < 4.78 is 5.57. The van der Waals surface area contributed by atoms with E-state index in [1.54, 1.807) is 0 Å². The van der Waals surface area contributed by atoms with Gasteiger partial charge in [-0.25, -0.2) is 0 Å². The highest BCUT2D eigenvalue weighted by Crippen LogP contribution is 2.21. The minimum absolute atomic E-state index is 0.190. The predicted octanol–water partition coefficient (Wildman–Crippen LogP) is -0.113. The van der Waals surface area contributed by atoms with Crippen LogP contribution in [0.5, 0.6) is 0 Å². The molecule has 0 aliphatic heterocycles. The molecule has 4 nitrogen and oxygen atoms in total. The normalized spacial score (nSPS) is 30.2. The van der Waals surface area contributed by atoms with E-state index in [1.807, 2.05) is 7.05 Å². The Morgan fingerprint density at radius 3 is 2.79 bits per heavy atom. The van der Waals surface area contributed by atoms with E-state index in [-0.39, 0.29) is 19.3 Å². The zero-order valence-corrected chi connectivity index (χ0v) is 8.78. The van der Waals surface area contributed by atoms with Crippen molar-refractivity contribution in [1.82, 2.24) is 5.32 Å². The van der Waals surface area contributed by atoms with Crippen LogP contribution in [-0.2, 0) is 4.74 Å². The first kappa shape index (κ1) is 11.9. The third-order valence-electron chi connectivity index (χ3n) is 2.79. The molecule has 1 aliphatic rings. The third kappa shape index (κ3) is 3.53. The summed E-state index contributed by atoms with van der Waals surface area (Å²) in [6, 6.07) is 0.398. The number of aliphatic hydroxyl groups excluding tert-OH is 2. The molecule has 0 amide bonds. The van der Waals surface area contributed by atoms with Crippen LogP contribution in [0.3, 0.4) is 0 Å². The van der Waals surface area contributed by atoms with E-state index in [2.05, 4.69) is 5.32 Å². The maximum Gasteiger partial charge on any atom is 0.100 e. The molecular formula is C10H21NO3. The first-order chi connectivity index (χ1) is 6.77. The van der Waals surface area contributed by atoms with Gasteiger partial charge in [-0.05, 0) is 19.9 Å². The molecular weight excluding hydrogens is 182 g/mol. The van der Waals surface area contributed by atoms with E-state index in [1.165, 1.54) is 12.8 Å². The highest BCUT2D eigenvalue weighted by Gasteiger charge is 2.24. The van der Waals surface area contributed by atoms with Gasteiger partial charge in [-0.3, -0.25) is 0 Å². The molecule has 0 saturated heterocycles. The fourth-order valence-electron chi connectivity index (χ4n) is 1.91. The second-order valence-corrected chi connectivity index (χ2v) is 3.89. The highest BCUT2D eigenvalue weighted by molar-refractivity contribution is 4.80. The van der Waals surface area contributed by atoms with Crippen molar-refractivity contribution in [1.29, 1.82) is 0 Å². The number of hydrogen-bond acceptors (Lipinski definition) is 4. The standard InChI is InChI=1S/C10H21NO3/c1-11-9-4-2-3-5-10(9)14-7-8(13)6-12/h8-13H,2-7H2,1H3. The van der Waals surface area contributed by atoms with E-state index in [9.17, 15) is 0 Å². The van der Waals surface area contributed by atoms with Gasteiger partial charge in [0.2, 0.25) is 0 Å². The monoisotopic (exact) mass is 203 g/mol. The van der Waals surface area contributed by atoms with Crippen molar-refractivity contribution in [3.63, 3.8) is 0 Å². The summed E-state index contributed by atoms with van der Waals surface area (Å²) in [5.41, 5.74) is 0. The van der Waals surface area contributed by atoms with Gasteiger partial charge < -0.3 is 20.3 Å². The van der Waals surface area contributed by atoms with Gasteiger partial charge >= 0.3 is 0 Å². The van der Waals surface area contributed by atoms with Crippen LogP contribution in [-0.4, -0.2) is 48.7 Å². The van der Waals surface area contributed by atoms with Gasteiger partial charge in [0.1, 0.15) is 6.10 Å². The Bertz CT molecular complexity index is 154. The molecule has 1 saturated carbocycles. The van der Waals surface area contributed by atoms with Gasteiger partial charge in [0.25, 0.3) is 0 Å². The van der Waals surface area contributed by atoms with Crippen molar-refractivity contribution in [2.45, 2.75) is 43.9 Å². The molecule has 1 rings (SSSR count). The molecule has 1 aliphatic carbocycles. The number of hydrogen-bond donors (Lipinski definition) is 3. The molecule has 1 fully saturated rings. The van der Waals surface area contributed by atoms with E-state index in [4.69, 9.17) is 14.9 Å². The Morgan fingerprint density at radius 2 is 2.14 bits per heavy atom. The lowest BCUT2D eigenvalue weighted by atomic mass is 9.92.